The predicted molar refractivity (Wildman–Crippen MR) is 74.4 cm³/mol. The van der Waals surface area contributed by atoms with Crippen molar-refractivity contribution < 1.29 is 4.74 Å². The Balaban J connectivity index is 1.63. The first-order chi connectivity index (χ1) is 8.65. The SMILES string of the molecule is CN1CC(C)(COc2ccc3c(c2)CCCN3)C1. The van der Waals surface area contributed by atoms with Crippen LogP contribution in [0.4, 0.5) is 5.69 Å². The molecule has 0 aliphatic carbocycles. The Labute approximate surface area is 109 Å². The lowest BCUT2D eigenvalue weighted by Crippen LogP contribution is -2.55. The maximum Gasteiger partial charge on any atom is 0.119 e. The second-order valence-corrected chi connectivity index (χ2v) is 6.12. The molecule has 0 radical (unpaired) electrons. The minimum absolute atomic E-state index is 0.336. The molecule has 1 aromatic rings. The molecule has 1 aromatic carbocycles. The van der Waals surface area contributed by atoms with Crippen LogP contribution in [0.15, 0.2) is 18.2 Å². The molecule has 1 saturated heterocycles. The summed E-state index contributed by atoms with van der Waals surface area (Å²) in [4.78, 5) is 2.33. The molecule has 3 nitrogen and oxygen atoms in total. The number of hydrogen-bond acceptors (Lipinski definition) is 3. The summed E-state index contributed by atoms with van der Waals surface area (Å²) in [5.74, 6) is 1.02. The van der Waals surface area contributed by atoms with E-state index in [1.54, 1.807) is 0 Å². The monoisotopic (exact) mass is 246 g/mol. The van der Waals surface area contributed by atoms with E-state index < -0.39 is 0 Å². The Bertz CT molecular complexity index is 438. The number of nitrogens with one attached hydrogen (secondary N) is 1. The summed E-state index contributed by atoms with van der Waals surface area (Å²) in [5, 5.41) is 3.43. The molecule has 0 amide bonds. The standard InChI is InChI=1S/C15H22N2O/c1-15(9-17(2)10-15)11-18-13-5-6-14-12(8-13)4-3-7-16-14/h5-6,8,16H,3-4,7,9-11H2,1-2H3. The third-order valence-electron chi connectivity index (χ3n) is 3.91. The van der Waals surface area contributed by atoms with Crippen LogP contribution in [0.5, 0.6) is 5.75 Å². The summed E-state index contributed by atoms with van der Waals surface area (Å²) in [6.07, 6.45) is 2.39. The zero-order valence-corrected chi connectivity index (χ0v) is 11.3. The zero-order chi connectivity index (χ0) is 12.6. The summed E-state index contributed by atoms with van der Waals surface area (Å²) in [5.41, 5.74) is 3.01. The number of benzene rings is 1. The molecule has 0 atom stereocenters. The molecule has 2 aliphatic rings. The number of ether oxygens (including phenoxy) is 1. The van der Waals surface area contributed by atoms with E-state index in [1.165, 1.54) is 24.1 Å². The molecule has 0 unspecified atom stereocenters. The van der Waals surface area contributed by atoms with Crippen molar-refractivity contribution in [2.45, 2.75) is 19.8 Å². The van der Waals surface area contributed by atoms with Crippen molar-refractivity contribution in [2.75, 3.05) is 38.6 Å². The van der Waals surface area contributed by atoms with Crippen molar-refractivity contribution in [3.8, 4) is 5.75 Å². The second-order valence-electron chi connectivity index (χ2n) is 6.12. The third-order valence-corrected chi connectivity index (χ3v) is 3.91. The van der Waals surface area contributed by atoms with Gasteiger partial charge in [0.15, 0.2) is 0 Å². The molecular weight excluding hydrogens is 224 g/mol. The molecule has 1 N–H and O–H groups in total. The Morgan fingerprint density at radius 1 is 1.39 bits per heavy atom. The van der Waals surface area contributed by atoms with Gasteiger partial charge in [-0.1, -0.05) is 6.92 Å². The first kappa shape index (κ1) is 11.8. The van der Waals surface area contributed by atoms with Crippen LogP contribution in [0.2, 0.25) is 0 Å². The van der Waals surface area contributed by atoms with E-state index in [2.05, 4.69) is 42.4 Å². The fourth-order valence-electron chi connectivity index (χ4n) is 3.15. The molecule has 3 heteroatoms. The number of nitrogens with zero attached hydrogens (tertiary/aromatic N) is 1. The quantitative estimate of drug-likeness (QED) is 0.886. The zero-order valence-electron chi connectivity index (χ0n) is 11.3. The maximum absolute atomic E-state index is 5.97. The topological polar surface area (TPSA) is 24.5 Å². The van der Waals surface area contributed by atoms with Crippen LogP contribution in [0, 0.1) is 5.41 Å². The average Bonchev–Trinajstić information content (AvgIpc) is 2.34. The fraction of sp³-hybridized carbons (Fsp3) is 0.600. The Kier molecular flexibility index (Phi) is 2.94. The molecule has 3 rings (SSSR count). The Hall–Kier alpha value is -1.22. The minimum Gasteiger partial charge on any atom is -0.493 e. The molecule has 18 heavy (non-hydrogen) atoms. The van der Waals surface area contributed by atoms with Gasteiger partial charge >= 0.3 is 0 Å². The van der Waals surface area contributed by atoms with Crippen LogP contribution in [0.25, 0.3) is 0 Å². The fourth-order valence-corrected chi connectivity index (χ4v) is 3.15. The average molecular weight is 246 g/mol. The minimum atomic E-state index is 0.336. The Morgan fingerprint density at radius 3 is 3.00 bits per heavy atom. The van der Waals surface area contributed by atoms with Crippen LogP contribution in [0.3, 0.4) is 0 Å². The smallest absolute Gasteiger partial charge is 0.119 e. The molecular formula is C15H22N2O. The highest BCUT2D eigenvalue weighted by Crippen LogP contribution is 2.31. The largest absolute Gasteiger partial charge is 0.493 e. The number of aryl methyl sites for hydroxylation is 1. The van der Waals surface area contributed by atoms with Crippen LogP contribution >= 0.6 is 0 Å². The van der Waals surface area contributed by atoms with Gasteiger partial charge in [0, 0.05) is 30.7 Å². The lowest BCUT2D eigenvalue weighted by Gasteiger charge is -2.45. The highest BCUT2D eigenvalue weighted by atomic mass is 16.5. The lowest BCUT2D eigenvalue weighted by atomic mass is 9.83. The van der Waals surface area contributed by atoms with Gasteiger partial charge in [-0.2, -0.15) is 0 Å². The van der Waals surface area contributed by atoms with E-state index in [4.69, 9.17) is 4.74 Å². The number of rotatable bonds is 3. The van der Waals surface area contributed by atoms with Gasteiger partial charge in [-0.05, 0) is 43.7 Å². The van der Waals surface area contributed by atoms with Crippen LogP contribution < -0.4 is 10.1 Å². The van der Waals surface area contributed by atoms with Crippen molar-refractivity contribution >= 4 is 5.69 Å². The first-order valence-electron chi connectivity index (χ1n) is 6.83. The third kappa shape index (κ3) is 2.32. The molecule has 0 spiro atoms. The van der Waals surface area contributed by atoms with E-state index in [-0.39, 0.29) is 0 Å². The summed E-state index contributed by atoms with van der Waals surface area (Å²) in [6.45, 7) is 6.49. The van der Waals surface area contributed by atoms with Gasteiger partial charge in [0.25, 0.3) is 0 Å². The molecule has 98 valence electrons. The molecule has 2 aliphatic heterocycles. The van der Waals surface area contributed by atoms with Crippen molar-refractivity contribution in [2.24, 2.45) is 5.41 Å². The second kappa shape index (κ2) is 4.47. The van der Waals surface area contributed by atoms with Gasteiger partial charge in [-0.15, -0.1) is 0 Å². The number of anilines is 1. The number of fused-ring (bicyclic) bond motifs is 1. The van der Waals surface area contributed by atoms with Gasteiger partial charge in [-0.3, -0.25) is 0 Å². The van der Waals surface area contributed by atoms with Crippen molar-refractivity contribution in [1.29, 1.82) is 0 Å². The van der Waals surface area contributed by atoms with Crippen LogP contribution in [-0.2, 0) is 6.42 Å². The van der Waals surface area contributed by atoms with Gasteiger partial charge in [0.1, 0.15) is 5.75 Å². The number of hydrogen-bond donors (Lipinski definition) is 1. The first-order valence-corrected chi connectivity index (χ1v) is 6.83. The normalized spacial score (nSPS) is 21.7. The van der Waals surface area contributed by atoms with E-state index in [0.717, 1.165) is 32.0 Å². The molecule has 1 fully saturated rings. The predicted octanol–water partition coefficient (Wildman–Crippen LogP) is 2.38. The Morgan fingerprint density at radius 2 is 2.22 bits per heavy atom. The van der Waals surface area contributed by atoms with E-state index in [9.17, 15) is 0 Å². The van der Waals surface area contributed by atoms with Gasteiger partial charge in [-0.25, -0.2) is 0 Å². The van der Waals surface area contributed by atoms with Gasteiger partial charge in [0.2, 0.25) is 0 Å². The summed E-state index contributed by atoms with van der Waals surface area (Å²) < 4.78 is 5.97. The molecule has 2 heterocycles. The lowest BCUT2D eigenvalue weighted by molar-refractivity contribution is -0.00138. The van der Waals surface area contributed by atoms with Crippen LogP contribution in [-0.4, -0.2) is 38.2 Å². The van der Waals surface area contributed by atoms with Gasteiger partial charge in [0.05, 0.1) is 6.61 Å². The van der Waals surface area contributed by atoms with E-state index >= 15 is 0 Å². The van der Waals surface area contributed by atoms with E-state index in [0.29, 0.717) is 5.41 Å². The molecule has 0 bridgehead atoms. The highest BCUT2D eigenvalue weighted by Gasteiger charge is 2.37. The van der Waals surface area contributed by atoms with Gasteiger partial charge < -0.3 is 15.0 Å². The van der Waals surface area contributed by atoms with Crippen molar-refractivity contribution in [1.82, 2.24) is 4.90 Å². The van der Waals surface area contributed by atoms with E-state index in [1.807, 2.05) is 0 Å². The van der Waals surface area contributed by atoms with Crippen LogP contribution in [0.1, 0.15) is 18.9 Å². The maximum atomic E-state index is 5.97. The summed E-state index contributed by atoms with van der Waals surface area (Å²) in [6, 6.07) is 6.44. The van der Waals surface area contributed by atoms with Crippen molar-refractivity contribution in [3.05, 3.63) is 23.8 Å². The molecule has 0 saturated carbocycles. The molecule has 0 aromatic heterocycles. The summed E-state index contributed by atoms with van der Waals surface area (Å²) in [7, 11) is 2.16. The number of likely N-dealkylation sites (tertiary alicyclic amines) is 1. The van der Waals surface area contributed by atoms with Crippen molar-refractivity contribution in [3.63, 3.8) is 0 Å². The summed E-state index contributed by atoms with van der Waals surface area (Å²) >= 11 is 0. The highest BCUT2D eigenvalue weighted by molar-refractivity contribution is 5.55.